The first-order chi connectivity index (χ1) is 11.9. The fraction of sp³-hybridized carbons (Fsp3) is 0.667. The number of aliphatic imine (C=N–C) groups is 1. The summed E-state index contributed by atoms with van der Waals surface area (Å²) in [4.78, 5) is 35.1. The zero-order chi connectivity index (χ0) is 18.4. The van der Waals surface area contributed by atoms with E-state index in [0.29, 0.717) is 12.5 Å². The van der Waals surface area contributed by atoms with Crippen LogP contribution < -0.4 is 10.6 Å². The van der Waals surface area contributed by atoms with Crippen molar-refractivity contribution in [3.8, 4) is 0 Å². The van der Waals surface area contributed by atoms with Gasteiger partial charge in [0.15, 0.2) is 5.96 Å². The van der Waals surface area contributed by atoms with Gasteiger partial charge in [0.05, 0.1) is 13.1 Å². The fourth-order valence-electron chi connectivity index (χ4n) is 2.31. The molecule has 10 nitrogen and oxygen atoms in total. The summed E-state index contributed by atoms with van der Waals surface area (Å²) in [5.41, 5.74) is 0. The predicted molar refractivity (Wildman–Crippen MR) is 93.0 cm³/mol. The third-order valence-electron chi connectivity index (χ3n) is 3.92. The SMILES string of the molecule is CN(C)C(=O)CN=C(NCC(=O)N(C)C)NC1CCc2ncnn2C1. The van der Waals surface area contributed by atoms with Gasteiger partial charge in [0.1, 0.15) is 18.7 Å². The summed E-state index contributed by atoms with van der Waals surface area (Å²) in [6.45, 7) is 0.787. The molecule has 25 heavy (non-hydrogen) atoms. The number of fused-ring (bicyclic) bond motifs is 1. The van der Waals surface area contributed by atoms with Gasteiger partial charge >= 0.3 is 0 Å². The number of hydrogen-bond acceptors (Lipinski definition) is 5. The van der Waals surface area contributed by atoms with Crippen molar-refractivity contribution in [2.45, 2.75) is 25.4 Å². The Morgan fingerprint density at radius 2 is 2.00 bits per heavy atom. The Labute approximate surface area is 147 Å². The highest BCUT2D eigenvalue weighted by Gasteiger charge is 2.21. The Morgan fingerprint density at radius 3 is 2.68 bits per heavy atom. The number of nitrogens with zero attached hydrogens (tertiary/aromatic N) is 6. The second-order valence-electron chi connectivity index (χ2n) is 6.33. The highest BCUT2D eigenvalue weighted by Crippen LogP contribution is 2.11. The lowest BCUT2D eigenvalue weighted by atomic mass is 10.1. The molecule has 2 rings (SSSR count). The standard InChI is InChI=1S/C15H26N8O2/c1-21(2)13(24)7-16-15(17-8-14(25)22(3)4)20-11-5-6-12-18-10-19-23(12)9-11/h10-11H,5-9H2,1-4H3,(H2,16,17,20). The maximum absolute atomic E-state index is 11.8. The van der Waals surface area contributed by atoms with Crippen molar-refractivity contribution in [2.75, 3.05) is 41.3 Å². The third kappa shape index (κ3) is 5.44. The van der Waals surface area contributed by atoms with Crippen LogP contribution in [0.25, 0.3) is 0 Å². The zero-order valence-electron chi connectivity index (χ0n) is 15.2. The van der Waals surface area contributed by atoms with E-state index in [0.717, 1.165) is 18.7 Å². The lowest BCUT2D eigenvalue weighted by Crippen LogP contribution is -2.49. The Balaban J connectivity index is 1.99. The molecule has 1 aliphatic rings. The zero-order valence-corrected chi connectivity index (χ0v) is 15.2. The maximum atomic E-state index is 11.8. The number of hydrogen-bond donors (Lipinski definition) is 2. The number of aryl methyl sites for hydroxylation is 1. The quantitative estimate of drug-likeness (QED) is 0.484. The van der Waals surface area contributed by atoms with E-state index < -0.39 is 0 Å². The third-order valence-corrected chi connectivity index (χ3v) is 3.92. The van der Waals surface area contributed by atoms with E-state index in [4.69, 9.17) is 0 Å². The highest BCUT2D eigenvalue weighted by molar-refractivity contribution is 5.88. The van der Waals surface area contributed by atoms with Crippen LogP contribution in [-0.4, -0.2) is 89.7 Å². The molecule has 2 amide bonds. The first-order valence-corrected chi connectivity index (χ1v) is 8.18. The summed E-state index contributed by atoms with van der Waals surface area (Å²) in [6, 6.07) is 0.101. The van der Waals surface area contributed by atoms with Crippen LogP contribution in [0, 0.1) is 0 Å². The molecule has 0 spiro atoms. The topological polar surface area (TPSA) is 108 Å². The first kappa shape index (κ1) is 18.7. The molecule has 1 unspecified atom stereocenters. The van der Waals surface area contributed by atoms with Gasteiger partial charge in [-0.05, 0) is 6.42 Å². The van der Waals surface area contributed by atoms with Gasteiger partial charge in [-0.1, -0.05) is 0 Å². The van der Waals surface area contributed by atoms with Crippen LogP contribution in [0.1, 0.15) is 12.2 Å². The smallest absolute Gasteiger partial charge is 0.243 e. The van der Waals surface area contributed by atoms with Crippen LogP contribution in [0.15, 0.2) is 11.3 Å². The molecule has 2 N–H and O–H groups in total. The summed E-state index contributed by atoms with van der Waals surface area (Å²) in [5.74, 6) is 1.23. The van der Waals surface area contributed by atoms with Crippen molar-refractivity contribution < 1.29 is 9.59 Å². The Morgan fingerprint density at radius 1 is 1.28 bits per heavy atom. The molecule has 0 saturated heterocycles. The summed E-state index contributed by atoms with van der Waals surface area (Å²) < 4.78 is 1.86. The molecule has 138 valence electrons. The van der Waals surface area contributed by atoms with Gasteiger partial charge < -0.3 is 20.4 Å². The van der Waals surface area contributed by atoms with E-state index in [1.807, 2.05) is 4.68 Å². The van der Waals surface area contributed by atoms with Crippen LogP contribution in [0.5, 0.6) is 0 Å². The molecule has 2 heterocycles. The van der Waals surface area contributed by atoms with E-state index in [1.165, 1.54) is 9.80 Å². The van der Waals surface area contributed by atoms with Crippen LogP contribution in [-0.2, 0) is 22.6 Å². The largest absolute Gasteiger partial charge is 0.352 e. The number of carbonyl (C=O) groups is 2. The summed E-state index contributed by atoms with van der Waals surface area (Å²) >= 11 is 0. The predicted octanol–water partition coefficient (Wildman–Crippen LogP) is -1.70. The molecular weight excluding hydrogens is 324 g/mol. The minimum Gasteiger partial charge on any atom is -0.352 e. The van der Waals surface area contributed by atoms with Gasteiger partial charge in [-0.25, -0.2) is 14.7 Å². The van der Waals surface area contributed by atoms with Crippen LogP contribution in [0.2, 0.25) is 0 Å². The lowest BCUT2D eigenvalue weighted by Gasteiger charge is -2.25. The average molecular weight is 350 g/mol. The van der Waals surface area contributed by atoms with Gasteiger partial charge in [0, 0.05) is 40.7 Å². The normalized spacial score (nSPS) is 16.8. The van der Waals surface area contributed by atoms with Crippen LogP contribution >= 0.6 is 0 Å². The molecule has 10 heteroatoms. The van der Waals surface area contributed by atoms with Crippen molar-refractivity contribution in [1.82, 2.24) is 35.2 Å². The highest BCUT2D eigenvalue weighted by atomic mass is 16.2. The molecule has 1 aliphatic heterocycles. The molecule has 0 fully saturated rings. The van der Waals surface area contributed by atoms with E-state index >= 15 is 0 Å². The molecule has 0 bridgehead atoms. The van der Waals surface area contributed by atoms with Crippen molar-refractivity contribution in [3.63, 3.8) is 0 Å². The number of carbonyl (C=O) groups excluding carboxylic acids is 2. The number of guanidine groups is 1. The van der Waals surface area contributed by atoms with Crippen LogP contribution in [0.3, 0.4) is 0 Å². The minimum atomic E-state index is -0.109. The Kier molecular flexibility index (Phi) is 6.31. The molecule has 1 aromatic heterocycles. The van der Waals surface area contributed by atoms with Gasteiger partial charge in [0.2, 0.25) is 11.8 Å². The number of nitrogens with one attached hydrogen (secondary N) is 2. The van der Waals surface area contributed by atoms with Crippen molar-refractivity contribution >= 4 is 17.8 Å². The van der Waals surface area contributed by atoms with Gasteiger partial charge in [-0.3, -0.25) is 9.59 Å². The molecule has 0 aliphatic carbocycles. The maximum Gasteiger partial charge on any atom is 0.243 e. The molecule has 0 radical (unpaired) electrons. The molecule has 0 saturated carbocycles. The molecule has 1 aromatic rings. The van der Waals surface area contributed by atoms with E-state index in [-0.39, 0.29) is 30.9 Å². The van der Waals surface area contributed by atoms with Crippen LogP contribution in [0.4, 0.5) is 0 Å². The van der Waals surface area contributed by atoms with Crippen molar-refractivity contribution in [3.05, 3.63) is 12.2 Å². The second-order valence-corrected chi connectivity index (χ2v) is 6.33. The minimum absolute atomic E-state index is 0.0137. The number of amides is 2. The van der Waals surface area contributed by atoms with E-state index in [9.17, 15) is 9.59 Å². The lowest BCUT2D eigenvalue weighted by molar-refractivity contribution is -0.127. The number of likely N-dealkylation sites (N-methyl/N-ethyl adjacent to an activating group) is 2. The average Bonchev–Trinajstić information content (AvgIpc) is 3.03. The van der Waals surface area contributed by atoms with Gasteiger partial charge in [-0.2, -0.15) is 5.10 Å². The fourth-order valence-corrected chi connectivity index (χ4v) is 2.31. The molecule has 0 aromatic carbocycles. The monoisotopic (exact) mass is 350 g/mol. The number of aromatic nitrogens is 3. The second kappa shape index (κ2) is 8.45. The Hall–Kier alpha value is -2.65. The first-order valence-electron chi connectivity index (χ1n) is 8.18. The van der Waals surface area contributed by atoms with Crippen molar-refractivity contribution in [1.29, 1.82) is 0 Å². The molecular formula is C15H26N8O2. The molecule has 1 atom stereocenters. The van der Waals surface area contributed by atoms with Gasteiger partial charge in [0.25, 0.3) is 0 Å². The van der Waals surface area contributed by atoms with Gasteiger partial charge in [-0.15, -0.1) is 0 Å². The van der Waals surface area contributed by atoms with E-state index in [2.05, 4.69) is 25.7 Å². The Bertz CT molecular complexity index is 637. The van der Waals surface area contributed by atoms with Crippen molar-refractivity contribution in [2.24, 2.45) is 4.99 Å². The summed E-state index contributed by atoms with van der Waals surface area (Å²) in [6.07, 6.45) is 3.25. The van der Waals surface area contributed by atoms with E-state index in [1.54, 1.807) is 34.5 Å². The summed E-state index contributed by atoms with van der Waals surface area (Å²) in [7, 11) is 6.75. The summed E-state index contributed by atoms with van der Waals surface area (Å²) in [5, 5.41) is 10.5. The number of rotatable bonds is 5.